The van der Waals surface area contributed by atoms with Gasteiger partial charge in [0.2, 0.25) is 0 Å². The molecule has 0 aliphatic heterocycles. The highest BCUT2D eigenvalue weighted by atomic mass is 32.1. The summed E-state index contributed by atoms with van der Waals surface area (Å²) in [5.74, 6) is -0.613. The highest BCUT2D eigenvalue weighted by Crippen LogP contribution is 2.19. The normalized spacial score (nSPS) is 15.0. The van der Waals surface area contributed by atoms with Crippen LogP contribution in [-0.2, 0) is 4.74 Å². The zero-order valence-electron chi connectivity index (χ0n) is 10.9. The maximum atomic E-state index is 9.96. The van der Waals surface area contributed by atoms with Gasteiger partial charge in [-0.15, -0.1) is 0 Å². The molecule has 0 rings (SSSR count). The van der Waals surface area contributed by atoms with Gasteiger partial charge in [0.25, 0.3) is 0 Å². The minimum absolute atomic E-state index is 0.386. The molecule has 3 heteroatoms. The highest BCUT2D eigenvalue weighted by Gasteiger charge is 2.24. The average Bonchev–Trinajstić information content (AvgIpc) is 2.28. The SMILES string of the molecule is CCCCCCCCCC(O)(CS)OCC. The fraction of sp³-hybridized carbons (Fsp3) is 1.00. The van der Waals surface area contributed by atoms with Gasteiger partial charge in [-0.2, -0.15) is 12.6 Å². The summed E-state index contributed by atoms with van der Waals surface area (Å²) in [5.41, 5.74) is 0. The number of aliphatic hydroxyl groups is 1. The van der Waals surface area contributed by atoms with Gasteiger partial charge in [0.05, 0.1) is 0 Å². The van der Waals surface area contributed by atoms with Crippen molar-refractivity contribution < 1.29 is 9.84 Å². The second kappa shape index (κ2) is 10.4. The molecule has 0 fully saturated rings. The summed E-state index contributed by atoms with van der Waals surface area (Å²) >= 11 is 4.13. The first-order valence-electron chi connectivity index (χ1n) is 6.65. The molecule has 0 saturated carbocycles. The van der Waals surface area contributed by atoms with Crippen LogP contribution in [0.2, 0.25) is 0 Å². The van der Waals surface area contributed by atoms with Crippen molar-refractivity contribution in [2.24, 2.45) is 0 Å². The second-order valence-electron chi connectivity index (χ2n) is 4.41. The molecule has 1 atom stereocenters. The number of ether oxygens (including phenoxy) is 1. The van der Waals surface area contributed by atoms with Gasteiger partial charge in [-0.1, -0.05) is 45.4 Å². The lowest BCUT2D eigenvalue weighted by atomic mass is 10.1. The molecule has 0 saturated heterocycles. The van der Waals surface area contributed by atoms with Gasteiger partial charge in [0.1, 0.15) is 0 Å². The van der Waals surface area contributed by atoms with Gasteiger partial charge in [-0.25, -0.2) is 0 Å². The maximum absolute atomic E-state index is 9.96. The molecule has 0 heterocycles. The van der Waals surface area contributed by atoms with Crippen LogP contribution in [0.4, 0.5) is 0 Å². The predicted octanol–water partition coefficient (Wildman–Crippen LogP) is 3.78. The first-order valence-corrected chi connectivity index (χ1v) is 7.29. The molecule has 1 N–H and O–H groups in total. The van der Waals surface area contributed by atoms with Crippen LogP contribution in [0.3, 0.4) is 0 Å². The minimum atomic E-state index is -0.999. The third kappa shape index (κ3) is 8.43. The molecule has 1 unspecified atom stereocenters. The smallest absolute Gasteiger partial charge is 0.174 e. The average molecular weight is 248 g/mol. The second-order valence-corrected chi connectivity index (χ2v) is 4.72. The first kappa shape index (κ1) is 16.3. The molecule has 0 aromatic rings. The number of hydrogen-bond acceptors (Lipinski definition) is 3. The van der Waals surface area contributed by atoms with Gasteiger partial charge < -0.3 is 9.84 Å². The quantitative estimate of drug-likeness (QED) is 0.331. The fourth-order valence-electron chi connectivity index (χ4n) is 1.82. The van der Waals surface area contributed by atoms with E-state index in [4.69, 9.17) is 4.74 Å². The van der Waals surface area contributed by atoms with E-state index in [1.165, 1.54) is 38.5 Å². The van der Waals surface area contributed by atoms with Crippen LogP contribution < -0.4 is 0 Å². The van der Waals surface area contributed by atoms with Gasteiger partial charge >= 0.3 is 0 Å². The standard InChI is InChI=1S/C13H28O2S/c1-3-5-6-7-8-9-10-11-13(14,12-16)15-4-2/h14,16H,3-12H2,1-2H3. The zero-order valence-corrected chi connectivity index (χ0v) is 11.8. The Labute approximate surface area is 106 Å². The molecule has 2 nitrogen and oxygen atoms in total. The van der Waals surface area contributed by atoms with Crippen molar-refractivity contribution in [3.63, 3.8) is 0 Å². The Morgan fingerprint density at radius 1 is 1.00 bits per heavy atom. The first-order chi connectivity index (χ1) is 7.68. The number of rotatable bonds is 11. The Hall–Kier alpha value is 0.270. The molecule has 0 amide bonds. The Bertz CT molecular complexity index is 153. The number of unbranched alkanes of at least 4 members (excludes halogenated alkanes) is 6. The van der Waals surface area contributed by atoms with Crippen molar-refractivity contribution in [3.8, 4) is 0 Å². The van der Waals surface area contributed by atoms with Crippen molar-refractivity contribution in [1.82, 2.24) is 0 Å². The van der Waals surface area contributed by atoms with Crippen molar-refractivity contribution in [2.75, 3.05) is 12.4 Å². The van der Waals surface area contributed by atoms with E-state index in [9.17, 15) is 5.11 Å². The molecule has 0 radical (unpaired) electrons. The lowest BCUT2D eigenvalue weighted by Crippen LogP contribution is -2.34. The highest BCUT2D eigenvalue weighted by molar-refractivity contribution is 7.80. The molecule has 0 aromatic carbocycles. The third-order valence-corrected chi connectivity index (χ3v) is 3.33. The van der Waals surface area contributed by atoms with Crippen molar-refractivity contribution in [1.29, 1.82) is 0 Å². The van der Waals surface area contributed by atoms with Crippen LogP contribution >= 0.6 is 12.6 Å². The van der Waals surface area contributed by atoms with Crippen molar-refractivity contribution in [2.45, 2.75) is 71.0 Å². The van der Waals surface area contributed by atoms with E-state index in [1.807, 2.05) is 6.92 Å². The van der Waals surface area contributed by atoms with Crippen LogP contribution in [-0.4, -0.2) is 23.3 Å². The number of hydrogen-bond donors (Lipinski definition) is 2. The molecule has 16 heavy (non-hydrogen) atoms. The molecule has 0 aliphatic rings. The predicted molar refractivity (Wildman–Crippen MR) is 73.0 cm³/mol. The summed E-state index contributed by atoms with van der Waals surface area (Å²) in [6.07, 6.45) is 9.51. The topological polar surface area (TPSA) is 29.5 Å². The largest absolute Gasteiger partial charge is 0.365 e. The van der Waals surface area contributed by atoms with Gasteiger partial charge in [-0.3, -0.25) is 0 Å². The Kier molecular flexibility index (Phi) is 10.6. The Morgan fingerprint density at radius 2 is 1.56 bits per heavy atom. The summed E-state index contributed by atoms with van der Waals surface area (Å²) in [5, 5.41) is 9.96. The van der Waals surface area contributed by atoms with Gasteiger partial charge in [0.15, 0.2) is 5.79 Å². The summed E-state index contributed by atoms with van der Waals surface area (Å²) in [6, 6.07) is 0. The van der Waals surface area contributed by atoms with E-state index >= 15 is 0 Å². The molecular formula is C13H28O2S. The minimum Gasteiger partial charge on any atom is -0.365 e. The lowest BCUT2D eigenvalue weighted by Gasteiger charge is -2.25. The van der Waals surface area contributed by atoms with E-state index in [0.29, 0.717) is 18.8 Å². The Balaban J connectivity index is 3.41. The molecule has 0 aromatic heterocycles. The Morgan fingerprint density at radius 3 is 2.06 bits per heavy atom. The van der Waals surface area contributed by atoms with E-state index in [-0.39, 0.29) is 0 Å². The van der Waals surface area contributed by atoms with Crippen molar-refractivity contribution in [3.05, 3.63) is 0 Å². The van der Waals surface area contributed by atoms with Crippen LogP contribution in [0.15, 0.2) is 0 Å². The molecular weight excluding hydrogens is 220 g/mol. The van der Waals surface area contributed by atoms with E-state index in [0.717, 1.165) is 6.42 Å². The summed E-state index contributed by atoms with van der Waals surface area (Å²) in [6.45, 7) is 4.68. The van der Waals surface area contributed by atoms with Crippen LogP contribution in [0.5, 0.6) is 0 Å². The fourth-order valence-corrected chi connectivity index (χ4v) is 2.07. The summed E-state index contributed by atoms with van der Waals surface area (Å²) in [4.78, 5) is 0. The van der Waals surface area contributed by atoms with Crippen LogP contribution in [0.1, 0.15) is 65.2 Å². The van der Waals surface area contributed by atoms with Gasteiger partial charge in [0, 0.05) is 18.8 Å². The molecule has 0 spiro atoms. The van der Waals surface area contributed by atoms with Crippen molar-refractivity contribution >= 4 is 12.6 Å². The molecule has 0 aliphatic carbocycles. The molecule has 0 bridgehead atoms. The van der Waals surface area contributed by atoms with Crippen LogP contribution in [0, 0.1) is 0 Å². The zero-order chi connectivity index (χ0) is 12.3. The van der Waals surface area contributed by atoms with Gasteiger partial charge in [-0.05, 0) is 13.3 Å². The maximum Gasteiger partial charge on any atom is 0.174 e. The van der Waals surface area contributed by atoms with E-state index in [2.05, 4.69) is 19.6 Å². The molecule has 98 valence electrons. The monoisotopic (exact) mass is 248 g/mol. The number of thiol groups is 1. The third-order valence-electron chi connectivity index (χ3n) is 2.83. The van der Waals surface area contributed by atoms with E-state index in [1.54, 1.807) is 0 Å². The van der Waals surface area contributed by atoms with E-state index < -0.39 is 5.79 Å². The van der Waals surface area contributed by atoms with Crippen LogP contribution in [0.25, 0.3) is 0 Å². The summed E-state index contributed by atoms with van der Waals surface area (Å²) < 4.78 is 5.30. The summed E-state index contributed by atoms with van der Waals surface area (Å²) in [7, 11) is 0. The lowest BCUT2D eigenvalue weighted by molar-refractivity contribution is -0.187.